The summed E-state index contributed by atoms with van der Waals surface area (Å²) in [5, 5.41) is 9.64. The summed E-state index contributed by atoms with van der Waals surface area (Å²) in [6, 6.07) is 5.17. The third-order valence-corrected chi connectivity index (χ3v) is 2.64. The molecular weight excluding hydrogens is 258 g/mol. The highest BCUT2D eigenvalue weighted by molar-refractivity contribution is 6.31. The van der Waals surface area contributed by atoms with Crippen molar-refractivity contribution in [1.29, 1.82) is 0 Å². The summed E-state index contributed by atoms with van der Waals surface area (Å²) in [6.07, 6.45) is 1.56. The van der Waals surface area contributed by atoms with E-state index >= 15 is 0 Å². The minimum Gasteiger partial charge on any atom is -0.480 e. The van der Waals surface area contributed by atoms with E-state index in [9.17, 15) is 9.59 Å². The number of fused-ring (bicyclic) bond motifs is 1. The van der Waals surface area contributed by atoms with Crippen molar-refractivity contribution in [3.8, 4) is 0 Å². The fraction of sp³-hybridized carbons (Fsp3) is 0.167. The van der Waals surface area contributed by atoms with Crippen molar-refractivity contribution < 1.29 is 19.4 Å². The largest absolute Gasteiger partial charge is 0.480 e. The van der Waals surface area contributed by atoms with E-state index in [1.807, 2.05) is 0 Å². The Morgan fingerprint density at radius 1 is 1.33 bits per heavy atom. The van der Waals surface area contributed by atoms with E-state index in [2.05, 4.69) is 4.98 Å². The number of carboxylic acids is 1. The number of ether oxygens (including phenoxy) is 1. The molecule has 18 heavy (non-hydrogen) atoms. The summed E-state index contributed by atoms with van der Waals surface area (Å²) in [5.41, 5.74) is 1.24. The maximum absolute atomic E-state index is 11.8. The number of ketones is 1. The third kappa shape index (κ3) is 2.69. The number of hydrogen-bond donors (Lipinski definition) is 2. The molecule has 0 aliphatic heterocycles. The monoisotopic (exact) mass is 267 g/mol. The van der Waals surface area contributed by atoms with Crippen LogP contribution in [0.1, 0.15) is 10.4 Å². The number of nitrogens with one attached hydrogen (secondary N) is 1. The quantitative estimate of drug-likeness (QED) is 0.813. The van der Waals surface area contributed by atoms with Gasteiger partial charge in [-0.1, -0.05) is 11.6 Å². The number of carbonyl (C=O) groups is 2. The van der Waals surface area contributed by atoms with Gasteiger partial charge in [0.05, 0.1) is 0 Å². The topological polar surface area (TPSA) is 79.4 Å². The van der Waals surface area contributed by atoms with Gasteiger partial charge in [0.2, 0.25) is 0 Å². The Balaban J connectivity index is 2.17. The smallest absolute Gasteiger partial charge is 0.329 e. The molecule has 0 amide bonds. The number of benzene rings is 1. The van der Waals surface area contributed by atoms with Crippen LogP contribution in [0.15, 0.2) is 24.4 Å². The zero-order chi connectivity index (χ0) is 13.1. The average Bonchev–Trinajstić information content (AvgIpc) is 2.71. The second-order valence-corrected chi connectivity index (χ2v) is 4.14. The SMILES string of the molecule is O=C(O)COCC(=O)c1c[nH]c2ccc(Cl)cc12. The molecule has 0 saturated carbocycles. The lowest BCUT2D eigenvalue weighted by Gasteiger charge is -2.00. The van der Waals surface area contributed by atoms with E-state index in [4.69, 9.17) is 21.4 Å². The summed E-state index contributed by atoms with van der Waals surface area (Å²) >= 11 is 5.86. The van der Waals surface area contributed by atoms with Crippen LogP contribution >= 0.6 is 11.6 Å². The first kappa shape index (κ1) is 12.6. The first-order chi connectivity index (χ1) is 8.58. The van der Waals surface area contributed by atoms with Gasteiger partial charge in [-0.2, -0.15) is 0 Å². The molecule has 0 aliphatic rings. The van der Waals surface area contributed by atoms with Gasteiger partial charge in [0.25, 0.3) is 0 Å². The first-order valence-corrected chi connectivity index (χ1v) is 5.55. The van der Waals surface area contributed by atoms with Crippen LogP contribution in [0.25, 0.3) is 10.9 Å². The summed E-state index contributed by atoms with van der Waals surface area (Å²) in [6.45, 7) is -0.763. The summed E-state index contributed by atoms with van der Waals surface area (Å²) in [7, 11) is 0. The van der Waals surface area contributed by atoms with Gasteiger partial charge in [-0.25, -0.2) is 4.79 Å². The molecule has 0 unspecified atom stereocenters. The van der Waals surface area contributed by atoms with Gasteiger partial charge in [0.1, 0.15) is 13.2 Å². The molecular formula is C12H10ClNO4. The van der Waals surface area contributed by atoms with Crippen molar-refractivity contribution in [1.82, 2.24) is 4.98 Å². The molecule has 94 valence electrons. The molecule has 0 fully saturated rings. The van der Waals surface area contributed by atoms with Gasteiger partial charge >= 0.3 is 5.97 Å². The number of aromatic amines is 1. The normalized spacial score (nSPS) is 10.7. The Labute approximate surface area is 107 Å². The van der Waals surface area contributed by atoms with Gasteiger partial charge in [-0.3, -0.25) is 4.79 Å². The number of carboxylic acid groups (broad SMARTS) is 1. The van der Waals surface area contributed by atoms with E-state index in [-0.39, 0.29) is 12.4 Å². The first-order valence-electron chi connectivity index (χ1n) is 5.17. The lowest BCUT2D eigenvalue weighted by molar-refractivity contribution is -0.141. The van der Waals surface area contributed by atoms with Crippen molar-refractivity contribution in [2.45, 2.75) is 0 Å². The minimum absolute atomic E-state index is 0.272. The lowest BCUT2D eigenvalue weighted by Crippen LogP contribution is -2.14. The van der Waals surface area contributed by atoms with Crippen molar-refractivity contribution in [3.63, 3.8) is 0 Å². The fourth-order valence-electron chi connectivity index (χ4n) is 1.63. The number of H-pyrrole nitrogens is 1. The molecule has 6 heteroatoms. The Morgan fingerprint density at radius 3 is 2.83 bits per heavy atom. The molecule has 0 saturated heterocycles. The van der Waals surface area contributed by atoms with Crippen LogP contribution in [-0.2, 0) is 9.53 Å². The maximum atomic E-state index is 11.8. The number of carbonyl (C=O) groups excluding carboxylic acids is 1. The molecule has 0 atom stereocenters. The van der Waals surface area contributed by atoms with Gasteiger partial charge in [-0.15, -0.1) is 0 Å². The van der Waals surface area contributed by atoms with E-state index in [0.29, 0.717) is 16.0 Å². The highest BCUT2D eigenvalue weighted by atomic mass is 35.5. The van der Waals surface area contributed by atoms with E-state index < -0.39 is 12.6 Å². The molecule has 0 spiro atoms. The van der Waals surface area contributed by atoms with Gasteiger partial charge in [0, 0.05) is 27.7 Å². The zero-order valence-electron chi connectivity index (χ0n) is 9.27. The van der Waals surface area contributed by atoms with Crippen LogP contribution in [0.3, 0.4) is 0 Å². The van der Waals surface area contributed by atoms with Crippen molar-refractivity contribution in [2.75, 3.05) is 13.2 Å². The molecule has 1 heterocycles. The standard InChI is InChI=1S/C12H10ClNO4/c13-7-1-2-10-8(3-7)9(4-14-10)11(15)5-18-6-12(16)17/h1-4,14H,5-6H2,(H,16,17). The fourth-order valence-corrected chi connectivity index (χ4v) is 1.80. The molecule has 2 rings (SSSR count). The summed E-state index contributed by atoms with van der Waals surface area (Å²) < 4.78 is 4.76. The van der Waals surface area contributed by atoms with Crippen LogP contribution in [0.2, 0.25) is 5.02 Å². The van der Waals surface area contributed by atoms with Gasteiger partial charge in [0.15, 0.2) is 5.78 Å². The number of aromatic nitrogens is 1. The lowest BCUT2D eigenvalue weighted by atomic mass is 10.1. The predicted octanol–water partition coefficient (Wildman–Crippen LogP) is 2.11. The number of aliphatic carboxylic acids is 1. The number of hydrogen-bond acceptors (Lipinski definition) is 3. The van der Waals surface area contributed by atoms with Crippen LogP contribution in [0.4, 0.5) is 0 Å². The van der Waals surface area contributed by atoms with E-state index in [1.54, 1.807) is 24.4 Å². The molecule has 2 aromatic rings. The zero-order valence-corrected chi connectivity index (χ0v) is 10.0. The second-order valence-electron chi connectivity index (χ2n) is 3.70. The minimum atomic E-state index is -1.11. The van der Waals surface area contributed by atoms with Crippen molar-refractivity contribution >= 4 is 34.3 Å². The Kier molecular flexibility index (Phi) is 3.64. The van der Waals surface area contributed by atoms with Crippen LogP contribution in [0.5, 0.6) is 0 Å². The molecule has 5 nitrogen and oxygen atoms in total. The number of rotatable bonds is 5. The van der Waals surface area contributed by atoms with Crippen LogP contribution < -0.4 is 0 Å². The highest BCUT2D eigenvalue weighted by Gasteiger charge is 2.13. The molecule has 0 radical (unpaired) electrons. The predicted molar refractivity (Wildman–Crippen MR) is 66.1 cm³/mol. The number of Topliss-reactive ketones (excluding diaryl/α,β-unsaturated/α-hetero) is 1. The average molecular weight is 268 g/mol. The maximum Gasteiger partial charge on any atom is 0.329 e. The van der Waals surface area contributed by atoms with Gasteiger partial charge < -0.3 is 14.8 Å². The number of halogens is 1. The second kappa shape index (κ2) is 5.20. The van der Waals surface area contributed by atoms with Crippen LogP contribution in [-0.4, -0.2) is 35.1 Å². The Morgan fingerprint density at radius 2 is 2.11 bits per heavy atom. The Hall–Kier alpha value is -1.85. The van der Waals surface area contributed by atoms with Gasteiger partial charge in [-0.05, 0) is 18.2 Å². The molecule has 2 N–H and O–H groups in total. The van der Waals surface area contributed by atoms with Crippen molar-refractivity contribution in [3.05, 3.63) is 35.0 Å². The molecule has 1 aromatic carbocycles. The highest BCUT2D eigenvalue weighted by Crippen LogP contribution is 2.22. The molecule has 0 bridgehead atoms. The summed E-state index contributed by atoms with van der Waals surface area (Å²) in [4.78, 5) is 25.0. The molecule has 1 aromatic heterocycles. The van der Waals surface area contributed by atoms with E-state index in [1.165, 1.54) is 0 Å². The molecule has 0 aliphatic carbocycles. The van der Waals surface area contributed by atoms with Crippen LogP contribution in [0, 0.1) is 0 Å². The summed E-state index contributed by atoms with van der Waals surface area (Å²) in [5.74, 6) is -1.39. The Bertz CT molecular complexity index is 605. The third-order valence-electron chi connectivity index (χ3n) is 2.40. The van der Waals surface area contributed by atoms with E-state index in [0.717, 1.165) is 5.52 Å². The van der Waals surface area contributed by atoms with Crippen molar-refractivity contribution in [2.24, 2.45) is 0 Å².